The molecular formula is C28H34N4O3. The molecule has 3 heterocycles. The fourth-order valence-corrected chi connectivity index (χ4v) is 4.98. The van der Waals surface area contributed by atoms with Crippen molar-refractivity contribution in [3.63, 3.8) is 0 Å². The minimum absolute atomic E-state index is 0.353. The van der Waals surface area contributed by atoms with Gasteiger partial charge in [-0.2, -0.15) is 9.97 Å². The molecule has 2 aliphatic heterocycles. The molecule has 2 fully saturated rings. The molecule has 2 aromatic carbocycles. The average molecular weight is 475 g/mol. The Labute approximate surface area is 207 Å². The third kappa shape index (κ3) is 5.51. The number of ether oxygens (including phenoxy) is 3. The van der Waals surface area contributed by atoms with E-state index < -0.39 is 0 Å². The van der Waals surface area contributed by atoms with E-state index in [1.165, 1.54) is 5.56 Å². The molecule has 5 rings (SSSR count). The summed E-state index contributed by atoms with van der Waals surface area (Å²) in [7, 11) is 1.67. The zero-order valence-corrected chi connectivity index (χ0v) is 20.6. The summed E-state index contributed by atoms with van der Waals surface area (Å²) >= 11 is 0. The standard InChI is InChI=1S/C28H34N4O3/c1-21(23-7-4-3-5-8-23)25-9-6-14-32(25)28-29-26(31-15-17-34-18-16-31)19-27(30-28)35-20-22-10-12-24(33-2)13-11-22/h3-5,7-8,10-13,19,21,25H,6,9,14-18,20H2,1-2H3. The maximum Gasteiger partial charge on any atom is 0.230 e. The van der Waals surface area contributed by atoms with Crippen LogP contribution in [0.15, 0.2) is 60.7 Å². The summed E-state index contributed by atoms with van der Waals surface area (Å²) in [6.45, 7) is 6.75. The lowest BCUT2D eigenvalue weighted by Gasteiger charge is -2.32. The molecule has 0 N–H and O–H groups in total. The van der Waals surface area contributed by atoms with Crippen LogP contribution in [0, 0.1) is 0 Å². The third-order valence-corrected chi connectivity index (χ3v) is 7.02. The van der Waals surface area contributed by atoms with Gasteiger partial charge in [-0.1, -0.05) is 49.4 Å². The number of nitrogens with zero attached hydrogens (tertiary/aromatic N) is 4. The molecule has 35 heavy (non-hydrogen) atoms. The fourth-order valence-electron chi connectivity index (χ4n) is 4.98. The number of rotatable bonds is 8. The van der Waals surface area contributed by atoms with Crippen LogP contribution in [0.1, 0.15) is 36.8 Å². The molecule has 7 heteroatoms. The Morgan fingerprint density at radius 2 is 1.77 bits per heavy atom. The number of benzene rings is 2. The first-order valence-electron chi connectivity index (χ1n) is 12.5. The number of methoxy groups -OCH3 is 1. The van der Waals surface area contributed by atoms with Gasteiger partial charge in [0.05, 0.1) is 20.3 Å². The second kappa shape index (κ2) is 11.0. The summed E-state index contributed by atoms with van der Waals surface area (Å²) in [5.74, 6) is 3.48. The molecule has 2 atom stereocenters. The quantitative estimate of drug-likeness (QED) is 0.470. The van der Waals surface area contributed by atoms with Crippen LogP contribution in [0.2, 0.25) is 0 Å². The number of aromatic nitrogens is 2. The maximum atomic E-state index is 6.20. The van der Waals surface area contributed by atoms with E-state index in [0.29, 0.717) is 37.7 Å². The van der Waals surface area contributed by atoms with Crippen LogP contribution < -0.4 is 19.3 Å². The number of hydrogen-bond donors (Lipinski definition) is 0. The fraction of sp³-hybridized carbons (Fsp3) is 0.429. The molecule has 2 saturated heterocycles. The van der Waals surface area contributed by atoms with E-state index in [-0.39, 0.29) is 0 Å². The van der Waals surface area contributed by atoms with Gasteiger partial charge in [-0.3, -0.25) is 0 Å². The van der Waals surface area contributed by atoms with Crippen LogP contribution in [-0.2, 0) is 11.3 Å². The molecule has 2 unspecified atom stereocenters. The van der Waals surface area contributed by atoms with Crippen molar-refractivity contribution in [3.05, 3.63) is 71.8 Å². The zero-order valence-electron chi connectivity index (χ0n) is 20.6. The largest absolute Gasteiger partial charge is 0.497 e. The molecule has 0 aliphatic carbocycles. The molecule has 0 spiro atoms. The Hall–Kier alpha value is -3.32. The highest BCUT2D eigenvalue weighted by atomic mass is 16.5. The molecule has 2 aliphatic rings. The molecular weight excluding hydrogens is 440 g/mol. The van der Waals surface area contributed by atoms with Gasteiger partial charge in [-0.05, 0) is 36.1 Å². The van der Waals surface area contributed by atoms with Crippen LogP contribution in [0.3, 0.4) is 0 Å². The Bertz CT molecular complexity index is 1090. The van der Waals surface area contributed by atoms with Gasteiger partial charge in [0.15, 0.2) is 0 Å². The summed E-state index contributed by atoms with van der Waals surface area (Å²) < 4.78 is 17.0. The second-order valence-corrected chi connectivity index (χ2v) is 9.20. The summed E-state index contributed by atoms with van der Waals surface area (Å²) in [5, 5.41) is 0. The summed E-state index contributed by atoms with van der Waals surface area (Å²) in [4.78, 5) is 14.6. The average Bonchev–Trinajstić information content (AvgIpc) is 3.43. The van der Waals surface area contributed by atoms with Crippen molar-refractivity contribution in [2.45, 2.75) is 38.3 Å². The highest BCUT2D eigenvalue weighted by Crippen LogP contribution is 2.35. The van der Waals surface area contributed by atoms with Crippen molar-refractivity contribution in [1.29, 1.82) is 0 Å². The second-order valence-electron chi connectivity index (χ2n) is 9.20. The summed E-state index contributed by atoms with van der Waals surface area (Å²) in [6, 6.07) is 21.0. The van der Waals surface area contributed by atoms with E-state index in [1.54, 1.807) is 7.11 Å². The molecule has 7 nitrogen and oxygen atoms in total. The normalized spacial score (nSPS) is 19.0. The minimum Gasteiger partial charge on any atom is -0.497 e. The first-order chi connectivity index (χ1) is 17.2. The molecule has 184 valence electrons. The van der Waals surface area contributed by atoms with Gasteiger partial charge in [0, 0.05) is 37.7 Å². The van der Waals surface area contributed by atoms with Crippen molar-refractivity contribution >= 4 is 11.8 Å². The van der Waals surface area contributed by atoms with Gasteiger partial charge in [-0.25, -0.2) is 0 Å². The van der Waals surface area contributed by atoms with Crippen LogP contribution in [0.5, 0.6) is 11.6 Å². The Kier molecular flexibility index (Phi) is 7.33. The number of hydrogen-bond acceptors (Lipinski definition) is 7. The van der Waals surface area contributed by atoms with Crippen molar-refractivity contribution in [1.82, 2.24) is 9.97 Å². The van der Waals surface area contributed by atoms with Gasteiger partial charge in [0.2, 0.25) is 11.8 Å². The van der Waals surface area contributed by atoms with E-state index in [2.05, 4.69) is 47.1 Å². The van der Waals surface area contributed by atoms with Gasteiger partial charge in [-0.15, -0.1) is 0 Å². The molecule has 1 aromatic heterocycles. The van der Waals surface area contributed by atoms with E-state index in [1.807, 2.05) is 30.3 Å². The van der Waals surface area contributed by atoms with E-state index >= 15 is 0 Å². The van der Waals surface area contributed by atoms with Crippen LogP contribution in [0.25, 0.3) is 0 Å². The Morgan fingerprint density at radius 3 is 2.51 bits per heavy atom. The predicted molar refractivity (Wildman–Crippen MR) is 138 cm³/mol. The number of anilines is 2. The van der Waals surface area contributed by atoms with Crippen molar-refractivity contribution < 1.29 is 14.2 Å². The summed E-state index contributed by atoms with van der Waals surface area (Å²) in [5.41, 5.74) is 2.42. The van der Waals surface area contributed by atoms with E-state index in [0.717, 1.165) is 55.6 Å². The first kappa shape index (κ1) is 23.4. The highest BCUT2D eigenvalue weighted by Gasteiger charge is 2.32. The van der Waals surface area contributed by atoms with E-state index in [4.69, 9.17) is 24.2 Å². The predicted octanol–water partition coefficient (Wildman–Crippen LogP) is 4.67. The van der Waals surface area contributed by atoms with Crippen LogP contribution in [0.4, 0.5) is 11.8 Å². The third-order valence-electron chi connectivity index (χ3n) is 7.02. The van der Waals surface area contributed by atoms with Crippen LogP contribution >= 0.6 is 0 Å². The first-order valence-corrected chi connectivity index (χ1v) is 12.5. The Balaban J connectivity index is 1.41. The minimum atomic E-state index is 0.353. The molecule has 0 amide bonds. The van der Waals surface area contributed by atoms with Gasteiger partial charge >= 0.3 is 0 Å². The smallest absolute Gasteiger partial charge is 0.230 e. The maximum absolute atomic E-state index is 6.20. The lowest BCUT2D eigenvalue weighted by atomic mass is 9.92. The lowest BCUT2D eigenvalue weighted by Crippen LogP contribution is -2.38. The Morgan fingerprint density at radius 1 is 1.00 bits per heavy atom. The van der Waals surface area contributed by atoms with Crippen LogP contribution in [-0.4, -0.2) is 56.0 Å². The van der Waals surface area contributed by atoms with E-state index in [9.17, 15) is 0 Å². The topological polar surface area (TPSA) is 60.0 Å². The van der Waals surface area contributed by atoms with Crippen molar-refractivity contribution in [2.75, 3.05) is 49.8 Å². The molecule has 0 saturated carbocycles. The van der Waals surface area contributed by atoms with Gasteiger partial charge in [0.25, 0.3) is 0 Å². The van der Waals surface area contributed by atoms with Crippen molar-refractivity contribution in [3.8, 4) is 11.6 Å². The van der Waals surface area contributed by atoms with Gasteiger partial charge < -0.3 is 24.0 Å². The number of morpholine rings is 1. The molecule has 3 aromatic rings. The highest BCUT2D eigenvalue weighted by molar-refractivity contribution is 5.50. The monoisotopic (exact) mass is 474 g/mol. The van der Waals surface area contributed by atoms with Crippen molar-refractivity contribution in [2.24, 2.45) is 0 Å². The summed E-state index contributed by atoms with van der Waals surface area (Å²) in [6.07, 6.45) is 2.26. The zero-order chi connectivity index (χ0) is 24.0. The lowest BCUT2D eigenvalue weighted by molar-refractivity contribution is 0.122. The molecule has 0 radical (unpaired) electrons. The molecule has 0 bridgehead atoms. The SMILES string of the molecule is COc1ccc(COc2cc(N3CCOCC3)nc(N3CCCC3C(C)c3ccccc3)n2)cc1. The van der Waals surface area contributed by atoms with Gasteiger partial charge in [0.1, 0.15) is 18.2 Å².